The van der Waals surface area contributed by atoms with E-state index < -0.39 is 5.41 Å². The highest BCUT2D eigenvalue weighted by molar-refractivity contribution is 5.75. The van der Waals surface area contributed by atoms with E-state index in [0.717, 1.165) is 19.4 Å². The van der Waals surface area contributed by atoms with Crippen LogP contribution in [0.5, 0.6) is 0 Å². The third-order valence-electron chi connectivity index (χ3n) is 2.94. The third-order valence-corrected chi connectivity index (χ3v) is 2.94. The summed E-state index contributed by atoms with van der Waals surface area (Å²) in [5.41, 5.74) is 4.97. The topological polar surface area (TPSA) is 61.5 Å². The molecular weight excluding hydrogens is 194 g/mol. The normalized spacial score (nSPS) is 25.9. The molecule has 2 N–H and O–H groups in total. The lowest BCUT2D eigenvalue weighted by atomic mass is 9.82. The molecule has 1 saturated carbocycles. The Morgan fingerprint density at radius 3 is 2.53 bits per heavy atom. The molecule has 0 aromatic heterocycles. The summed E-state index contributed by atoms with van der Waals surface area (Å²) in [5, 5.41) is 0. The van der Waals surface area contributed by atoms with E-state index in [1.165, 1.54) is 7.11 Å². The summed E-state index contributed by atoms with van der Waals surface area (Å²) in [5.74, 6) is 0.383. The van der Waals surface area contributed by atoms with Gasteiger partial charge in [0.25, 0.3) is 0 Å². The van der Waals surface area contributed by atoms with E-state index in [0.29, 0.717) is 12.5 Å². The molecule has 0 aromatic carbocycles. The fourth-order valence-corrected chi connectivity index (χ4v) is 1.66. The quantitative estimate of drug-likeness (QED) is 0.693. The van der Waals surface area contributed by atoms with Crippen molar-refractivity contribution in [3.63, 3.8) is 0 Å². The Morgan fingerprint density at radius 1 is 1.47 bits per heavy atom. The van der Waals surface area contributed by atoms with Gasteiger partial charge in [0.15, 0.2) is 0 Å². The zero-order valence-electron chi connectivity index (χ0n) is 9.79. The number of carbonyl (C=O) groups is 1. The summed E-state index contributed by atoms with van der Waals surface area (Å²) in [6.07, 6.45) is 2.32. The van der Waals surface area contributed by atoms with E-state index in [1.807, 2.05) is 13.8 Å². The number of carbonyl (C=O) groups excluding carboxylic acids is 1. The molecule has 0 saturated heterocycles. The Bertz CT molecular complexity index is 222. The van der Waals surface area contributed by atoms with Gasteiger partial charge in [-0.25, -0.2) is 0 Å². The smallest absolute Gasteiger partial charge is 0.313 e. The third kappa shape index (κ3) is 3.18. The molecule has 0 amide bonds. The summed E-state index contributed by atoms with van der Waals surface area (Å²) >= 11 is 0. The van der Waals surface area contributed by atoms with Crippen LogP contribution in [0, 0.1) is 11.3 Å². The van der Waals surface area contributed by atoms with Crippen LogP contribution >= 0.6 is 0 Å². The van der Waals surface area contributed by atoms with Gasteiger partial charge in [0.2, 0.25) is 0 Å². The predicted octanol–water partition coefficient (Wildman–Crippen LogP) is 0.939. The highest BCUT2D eigenvalue weighted by Crippen LogP contribution is 2.30. The van der Waals surface area contributed by atoms with E-state index >= 15 is 0 Å². The summed E-state index contributed by atoms with van der Waals surface area (Å²) in [4.78, 5) is 11.4. The molecule has 0 bridgehead atoms. The van der Waals surface area contributed by atoms with Crippen LogP contribution in [0.1, 0.15) is 26.7 Å². The van der Waals surface area contributed by atoms with Crippen LogP contribution in [-0.2, 0) is 14.3 Å². The van der Waals surface area contributed by atoms with Crippen LogP contribution < -0.4 is 5.73 Å². The van der Waals surface area contributed by atoms with Gasteiger partial charge < -0.3 is 15.2 Å². The number of esters is 1. The second kappa shape index (κ2) is 4.94. The lowest BCUT2D eigenvalue weighted by molar-refractivity contribution is -0.157. The first-order valence-electron chi connectivity index (χ1n) is 5.39. The zero-order chi connectivity index (χ0) is 11.5. The minimum absolute atomic E-state index is 0.225. The second-order valence-corrected chi connectivity index (χ2v) is 4.88. The van der Waals surface area contributed by atoms with Crippen molar-refractivity contribution in [2.45, 2.75) is 32.8 Å². The van der Waals surface area contributed by atoms with Crippen LogP contribution in [0.25, 0.3) is 0 Å². The first-order chi connectivity index (χ1) is 6.99. The minimum atomic E-state index is -0.553. The van der Waals surface area contributed by atoms with Crippen LogP contribution in [0.15, 0.2) is 0 Å². The van der Waals surface area contributed by atoms with Crippen molar-refractivity contribution >= 4 is 5.97 Å². The van der Waals surface area contributed by atoms with Crippen molar-refractivity contribution < 1.29 is 14.3 Å². The standard InChI is InChI=1S/C11H21NO3/c1-11(2,10(13)14-3)7-15-9-4-8(5-9)6-12/h8-9H,4-7,12H2,1-3H3. The van der Waals surface area contributed by atoms with Gasteiger partial charge in [-0.15, -0.1) is 0 Å². The molecule has 1 aliphatic carbocycles. The number of methoxy groups -OCH3 is 1. The molecule has 1 fully saturated rings. The van der Waals surface area contributed by atoms with Crippen molar-refractivity contribution in [1.29, 1.82) is 0 Å². The molecule has 4 nitrogen and oxygen atoms in total. The molecular formula is C11H21NO3. The maximum atomic E-state index is 11.4. The molecule has 0 aromatic rings. The van der Waals surface area contributed by atoms with Gasteiger partial charge in [0, 0.05) is 0 Å². The summed E-state index contributed by atoms with van der Waals surface area (Å²) in [6, 6.07) is 0. The average molecular weight is 215 g/mol. The maximum Gasteiger partial charge on any atom is 0.313 e. The van der Waals surface area contributed by atoms with E-state index in [4.69, 9.17) is 15.2 Å². The molecule has 0 atom stereocenters. The molecule has 4 heteroatoms. The van der Waals surface area contributed by atoms with Gasteiger partial charge in [-0.2, -0.15) is 0 Å². The summed E-state index contributed by atoms with van der Waals surface area (Å²) in [7, 11) is 1.40. The van der Waals surface area contributed by atoms with Gasteiger partial charge in [0.05, 0.1) is 25.2 Å². The van der Waals surface area contributed by atoms with Gasteiger partial charge in [-0.1, -0.05) is 0 Å². The van der Waals surface area contributed by atoms with E-state index in [1.54, 1.807) is 0 Å². The molecule has 88 valence electrons. The highest BCUT2D eigenvalue weighted by Gasteiger charge is 2.34. The Balaban J connectivity index is 2.23. The fourth-order valence-electron chi connectivity index (χ4n) is 1.66. The lowest BCUT2D eigenvalue weighted by Gasteiger charge is -2.36. The van der Waals surface area contributed by atoms with Gasteiger partial charge in [-0.05, 0) is 39.2 Å². The number of nitrogens with two attached hydrogens (primary N) is 1. The van der Waals surface area contributed by atoms with Gasteiger partial charge in [0.1, 0.15) is 0 Å². The van der Waals surface area contributed by atoms with E-state index in [9.17, 15) is 4.79 Å². The van der Waals surface area contributed by atoms with E-state index in [2.05, 4.69) is 0 Å². The predicted molar refractivity (Wildman–Crippen MR) is 57.3 cm³/mol. The Hall–Kier alpha value is -0.610. The molecule has 0 unspecified atom stereocenters. The maximum absolute atomic E-state index is 11.4. The van der Waals surface area contributed by atoms with Crippen molar-refractivity contribution in [1.82, 2.24) is 0 Å². The average Bonchev–Trinajstić information content (AvgIpc) is 2.14. The van der Waals surface area contributed by atoms with Gasteiger partial charge >= 0.3 is 5.97 Å². The van der Waals surface area contributed by atoms with Crippen LogP contribution in [0.4, 0.5) is 0 Å². The van der Waals surface area contributed by atoms with Crippen molar-refractivity contribution in [3.8, 4) is 0 Å². The van der Waals surface area contributed by atoms with E-state index in [-0.39, 0.29) is 12.1 Å². The van der Waals surface area contributed by atoms with Crippen molar-refractivity contribution in [2.75, 3.05) is 20.3 Å². The number of ether oxygens (including phenoxy) is 2. The summed E-state index contributed by atoms with van der Waals surface area (Å²) in [6.45, 7) is 4.82. The Labute approximate surface area is 91.1 Å². The van der Waals surface area contributed by atoms with Crippen LogP contribution in [-0.4, -0.2) is 32.3 Å². The Morgan fingerprint density at radius 2 is 2.07 bits per heavy atom. The number of hydrogen-bond donors (Lipinski definition) is 1. The van der Waals surface area contributed by atoms with Crippen molar-refractivity contribution in [3.05, 3.63) is 0 Å². The zero-order valence-corrected chi connectivity index (χ0v) is 9.79. The molecule has 1 aliphatic rings. The second-order valence-electron chi connectivity index (χ2n) is 4.88. The molecule has 15 heavy (non-hydrogen) atoms. The molecule has 0 aliphatic heterocycles. The molecule has 0 spiro atoms. The van der Waals surface area contributed by atoms with Crippen LogP contribution in [0.2, 0.25) is 0 Å². The highest BCUT2D eigenvalue weighted by atomic mass is 16.5. The van der Waals surface area contributed by atoms with Crippen molar-refractivity contribution in [2.24, 2.45) is 17.1 Å². The van der Waals surface area contributed by atoms with Crippen LogP contribution in [0.3, 0.4) is 0 Å². The monoisotopic (exact) mass is 215 g/mol. The molecule has 0 radical (unpaired) electrons. The minimum Gasteiger partial charge on any atom is -0.469 e. The molecule has 0 heterocycles. The fraction of sp³-hybridized carbons (Fsp3) is 0.909. The Kier molecular flexibility index (Phi) is 4.11. The first-order valence-corrected chi connectivity index (χ1v) is 5.39. The number of rotatable bonds is 5. The molecule has 1 rings (SSSR count). The lowest BCUT2D eigenvalue weighted by Crippen LogP contribution is -2.39. The SMILES string of the molecule is COC(=O)C(C)(C)COC1CC(CN)C1. The number of hydrogen-bond acceptors (Lipinski definition) is 4. The summed E-state index contributed by atoms with van der Waals surface area (Å²) < 4.78 is 10.3. The van der Waals surface area contributed by atoms with Gasteiger partial charge in [-0.3, -0.25) is 4.79 Å². The first kappa shape index (κ1) is 12.5. The largest absolute Gasteiger partial charge is 0.469 e.